The third kappa shape index (κ3) is 6.09. The van der Waals surface area contributed by atoms with E-state index in [0.29, 0.717) is 12.5 Å². The van der Waals surface area contributed by atoms with Gasteiger partial charge in [0.1, 0.15) is 5.75 Å². The van der Waals surface area contributed by atoms with Gasteiger partial charge in [0.25, 0.3) is 0 Å². The number of hydrogen-bond acceptors (Lipinski definition) is 3. The maximum Gasteiger partial charge on any atom is 0.330 e. The Labute approximate surface area is 108 Å². The number of carbonyl (C=O) groups is 1. The molecule has 18 heavy (non-hydrogen) atoms. The molecular weight excluding hydrogens is 228 g/mol. The lowest BCUT2D eigenvalue weighted by molar-refractivity contribution is -0.137. The lowest BCUT2D eigenvalue weighted by atomic mass is 10.1. The normalized spacial score (nSPS) is 11.1. The van der Waals surface area contributed by atoms with Gasteiger partial charge >= 0.3 is 5.97 Å². The maximum atomic E-state index is 11.4. The Morgan fingerprint density at radius 2 is 2.22 bits per heavy atom. The highest BCUT2D eigenvalue weighted by Gasteiger charge is 1.99. The largest absolute Gasteiger partial charge is 0.508 e. The molecule has 1 aromatic carbocycles. The van der Waals surface area contributed by atoms with Crippen molar-refractivity contribution in [3.8, 4) is 5.75 Å². The van der Waals surface area contributed by atoms with Crippen LogP contribution in [0.25, 0.3) is 6.08 Å². The fourth-order valence-corrected chi connectivity index (χ4v) is 1.51. The summed E-state index contributed by atoms with van der Waals surface area (Å²) in [4.78, 5) is 11.4. The van der Waals surface area contributed by atoms with Crippen LogP contribution in [0, 0.1) is 5.92 Å². The summed E-state index contributed by atoms with van der Waals surface area (Å²) in [6.07, 6.45) is 4.96. The first kappa shape index (κ1) is 14.3. The van der Waals surface area contributed by atoms with Crippen LogP contribution in [-0.2, 0) is 9.53 Å². The molecule has 0 bridgehead atoms. The zero-order valence-electron chi connectivity index (χ0n) is 10.9. The Kier molecular flexibility index (Phi) is 5.98. The van der Waals surface area contributed by atoms with Crippen LogP contribution in [0.15, 0.2) is 30.3 Å². The van der Waals surface area contributed by atoms with Crippen LogP contribution in [0.2, 0.25) is 0 Å². The van der Waals surface area contributed by atoms with Crippen LogP contribution in [-0.4, -0.2) is 17.7 Å². The molecule has 3 nitrogen and oxygen atoms in total. The second-order valence-corrected chi connectivity index (χ2v) is 4.63. The van der Waals surface area contributed by atoms with E-state index in [1.807, 2.05) is 6.07 Å². The van der Waals surface area contributed by atoms with Gasteiger partial charge in [0.15, 0.2) is 0 Å². The Hall–Kier alpha value is -1.77. The number of ether oxygens (including phenoxy) is 1. The van der Waals surface area contributed by atoms with Gasteiger partial charge in [-0.15, -0.1) is 0 Å². The third-order valence-electron chi connectivity index (χ3n) is 2.45. The minimum Gasteiger partial charge on any atom is -0.508 e. The molecule has 0 atom stereocenters. The predicted octanol–water partition coefficient (Wildman–Crippen LogP) is 3.38. The van der Waals surface area contributed by atoms with Gasteiger partial charge in [-0.25, -0.2) is 4.79 Å². The molecule has 0 unspecified atom stereocenters. The summed E-state index contributed by atoms with van der Waals surface area (Å²) in [5.74, 6) is 0.469. The molecular formula is C15H20O3. The lowest BCUT2D eigenvalue weighted by Crippen LogP contribution is -2.03. The lowest BCUT2D eigenvalue weighted by Gasteiger charge is -2.04. The summed E-state index contributed by atoms with van der Waals surface area (Å²) in [5.41, 5.74) is 0.772. The summed E-state index contributed by atoms with van der Waals surface area (Å²) in [7, 11) is 0. The van der Waals surface area contributed by atoms with Gasteiger partial charge in [-0.05, 0) is 42.5 Å². The number of carbonyl (C=O) groups excluding carboxylic acids is 1. The molecule has 0 spiro atoms. The highest BCUT2D eigenvalue weighted by Crippen LogP contribution is 2.12. The molecule has 0 saturated carbocycles. The van der Waals surface area contributed by atoms with Crippen LogP contribution in [0.5, 0.6) is 5.75 Å². The van der Waals surface area contributed by atoms with Crippen LogP contribution in [0.4, 0.5) is 0 Å². The van der Waals surface area contributed by atoms with E-state index in [1.54, 1.807) is 24.3 Å². The molecule has 0 aliphatic carbocycles. The van der Waals surface area contributed by atoms with Gasteiger partial charge in [-0.2, -0.15) is 0 Å². The van der Waals surface area contributed by atoms with E-state index in [9.17, 15) is 9.90 Å². The summed E-state index contributed by atoms with van der Waals surface area (Å²) in [5, 5.41) is 9.25. The molecule has 0 fully saturated rings. The van der Waals surface area contributed by atoms with Crippen LogP contribution in [0.1, 0.15) is 32.3 Å². The van der Waals surface area contributed by atoms with E-state index in [1.165, 1.54) is 6.08 Å². The molecule has 0 aromatic heterocycles. The Balaban J connectivity index is 2.31. The van der Waals surface area contributed by atoms with Crippen LogP contribution >= 0.6 is 0 Å². The first-order valence-electron chi connectivity index (χ1n) is 6.22. The number of esters is 1. The topological polar surface area (TPSA) is 46.5 Å². The average molecular weight is 248 g/mol. The summed E-state index contributed by atoms with van der Waals surface area (Å²) in [6.45, 7) is 4.74. The second-order valence-electron chi connectivity index (χ2n) is 4.63. The molecule has 0 saturated heterocycles. The number of hydrogen-bond donors (Lipinski definition) is 1. The number of benzene rings is 1. The first-order chi connectivity index (χ1) is 8.58. The molecule has 1 N–H and O–H groups in total. The zero-order valence-corrected chi connectivity index (χ0v) is 10.9. The van der Waals surface area contributed by atoms with Crippen molar-refractivity contribution in [3.05, 3.63) is 35.9 Å². The molecule has 3 heteroatoms. The van der Waals surface area contributed by atoms with Crippen molar-refractivity contribution in [3.63, 3.8) is 0 Å². The second kappa shape index (κ2) is 7.54. The maximum absolute atomic E-state index is 11.4. The fourth-order valence-electron chi connectivity index (χ4n) is 1.51. The fraction of sp³-hybridized carbons (Fsp3) is 0.400. The van der Waals surface area contributed by atoms with E-state index in [2.05, 4.69) is 13.8 Å². The predicted molar refractivity (Wildman–Crippen MR) is 72.2 cm³/mol. The smallest absolute Gasteiger partial charge is 0.330 e. The van der Waals surface area contributed by atoms with E-state index in [4.69, 9.17) is 4.74 Å². The van der Waals surface area contributed by atoms with E-state index >= 15 is 0 Å². The summed E-state index contributed by atoms with van der Waals surface area (Å²) >= 11 is 0. The zero-order chi connectivity index (χ0) is 13.4. The van der Waals surface area contributed by atoms with Crippen LogP contribution in [0.3, 0.4) is 0 Å². The van der Waals surface area contributed by atoms with Gasteiger partial charge in [-0.1, -0.05) is 26.0 Å². The van der Waals surface area contributed by atoms with Gasteiger partial charge in [0.05, 0.1) is 6.61 Å². The van der Waals surface area contributed by atoms with Crippen molar-refractivity contribution in [2.45, 2.75) is 26.7 Å². The molecule has 0 radical (unpaired) electrons. The van der Waals surface area contributed by atoms with E-state index in [-0.39, 0.29) is 11.7 Å². The van der Waals surface area contributed by atoms with Gasteiger partial charge in [0, 0.05) is 6.08 Å². The van der Waals surface area contributed by atoms with Crippen molar-refractivity contribution in [1.29, 1.82) is 0 Å². The van der Waals surface area contributed by atoms with Crippen molar-refractivity contribution in [2.75, 3.05) is 6.61 Å². The molecule has 0 heterocycles. The van der Waals surface area contributed by atoms with Crippen molar-refractivity contribution >= 4 is 12.0 Å². The van der Waals surface area contributed by atoms with E-state index in [0.717, 1.165) is 18.4 Å². The number of phenols is 1. The van der Waals surface area contributed by atoms with E-state index < -0.39 is 0 Å². The highest BCUT2D eigenvalue weighted by molar-refractivity contribution is 5.87. The molecule has 0 amide bonds. The minimum atomic E-state index is -0.345. The molecule has 1 rings (SSSR count). The standard InChI is InChI=1S/C15H20O3/c1-12(2)5-4-10-18-15(17)9-8-13-6-3-7-14(16)11-13/h3,6-9,11-12,16H,4-5,10H2,1-2H3/b9-8+. The Bertz CT molecular complexity index is 408. The minimum absolute atomic E-state index is 0.183. The monoisotopic (exact) mass is 248 g/mol. The SMILES string of the molecule is CC(C)CCCOC(=O)/C=C/c1cccc(O)c1. The molecule has 0 aliphatic heterocycles. The van der Waals surface area contributed by atoms with Gasteiger partial charge in [0.2, 0.25) is 0 Å². The van der Waals surface area contributed by atoms with Crippen LogP contribution < -0.4 is 0 Å². The molecule has 98 valence electrons. The summed E-state index contributed by atoms with van der Waals surface area (Å²) < 4.78 is 5.06. The van der Waals surface area contributed by atoms with Crippen molar-refractivity contribution < 1.29 is 14.6 Å². The molecule has 1 aromatic rings. The van der Waals surface area contributed by atoms with Crippen molar-refractivity contribution in [1.82, 2.24) is 0 Å². The Morgan fingerprint density at radius 3 is 2.89 bits per heavy atom. The van der Waals surface area contributed by atoms with Gasteiger partial charge < -0.3 is 9.84 Å². The molecule has 0 aliphatic rings. The number of phenolic OH excluding ortho intramolecular Hbond substituents is 1. The Morgan fingerprint density at radius 1 is 1.44 bits per heavy atom. The van der Waals surface area contributed by atoms with Crippen molar-refractivity contribution in [2.24, 2.45) is 5.92 Å². The van der Waals surface area contributed by atoms with Gasteiger partial charge in [-0.3, -0.25) is 0 Å². The number of aromatic hydroxyl groups is 1. The summed E-state index contributed by atoms with van der Waals surface area (Å²) in [6, 6.07) is 6.70. The quantitative estimate of drug-likeness (QED) is 0.477. The average Bonchev–Trinajstić information content (AvgIpc) is 2.32. The first-order valence-corrected chi connectivity index (χ1v) is 6.22. The third-order valence-corrected chi connectivity index (χ3v) is 2.45. The number of rotatable bonds is 6. The highest BCUT2D eigenvalue weighted by atomic mass is 16.5.